The molecule has 2 fully saturated rings. The lowest BCUT2D eigenvalue weighted by Crippen LogP contribution is -2.38. The predicted molar refractivity (Wildman–Crippen MR) is 85.7 cm³/mol. The molecule has 3 rings (SSSR count). The summed E-state index contributed by atoms with van der Waals surface area (Å²) in [5.41, 5.74) is 1.07. The van der Waals surface area contributed by atoms with Gasteiger partial charge in [-0.15, -0.1) is 0 Å². The summed E-state index contributed by atoms with van der Waals surface area (Å²) in [6.45, 7) is 8.02. The fourth-order valence-corrected chi connectivity index (χ4v) is 3.17. The SMILES string of the molecule is Clc1ncnc(N2CCOCC2)c1CCCN1CCOCC1. The topological polar surface area (TPSA) is 50.7 Å². The molecule has 7 heteroatoms. The van der Waals surface area contributed by atoms with Crippen LogP contribution in [0.25, 0.3) is 0 Å². The molecule has 0 unspecified atom stereocenters. The summed E-state index contributed by atoms with van der Waals surface area (Å²) in [5, 5.41) is 0.582. The molecule has 1 aromatic heterocycles. The van der Waals surface area contributed by atoms with Crippen LogP contribution in [-0.4, -0.2) is 74.0 Å². The Morgan fingerprint density at radius 2 is 1.68 bits per heavy atom. The molecule has 2 saturated heterocycles. The van der Waals surface area contributed by atoms with E-state index in [0.29, 0.717) is 5.15 Å². The molecule has 0 bridgehead atoms. The summed E-state index contributed by atoms with van der Waals surface area (Å²) >= 11 is 6.33. The Labute approximate surface area is 136 Å². The average Bonchev–Trinajstić information content (AvgIpc) is 2.58. The number of ether oxygens (including phenoxy) is 2. The zero-order chi connectivity index (χ0) is 15.2. The molecule has 6 nitrogen and oxygen atoms in total. The van der Waals surface area contributed by atoms with Crippen LogP contribution in [0.5, 0.6) is 0 Å². The third-order valence-electron chi connectivity index (χ3n) is 4.19. The lowest BCUT2D eigenvalue weighted by molar-refractivity contribution is 0.0374. The molecule has 0 aromatic carbocycles. The van der Waals surface area contributed by atoms with Gasteiger partial charge in [0.15, 0.2) is 0 Å². The highest BCUT2D eigenvalue weighted by Gasteiger charge is 2.19. The number of halogens is 1. The van der Waals surface area contributed by atoms with Crippen molar-refractivity contribution in [2.24, 2.45) is 0 Å². The van der Waals surface area contributed by atoms with Gasteiger partial charge in [-0.25, -0.2) is 9.97 Å². The summed E-state index contributed by atoms with van der Waals surface area (Å²) in [4.78, 5) is 13.3. The van der Waals surface area contributed by atoms with Crippen LogP contribution in [0.3, 0.4) is 0 Å². The van der Waals surface area contributed by atoms with E-state index < -0.39 is 0 Å². The Bertz CT molecular complexity index is 477. The maximum atomic E-state index is 6.33. The normalized spacial score (nSPS) is 20.3. The Morgan fingerprint density at radius 1 is 1.00 bits per heavy atom. The summed E-state index contributed by atoms with van der Waals surface area (Å²) < 4.78 is 10.8. The average molecular weight is 327 g/mol. The van der Waals surface area contributed by atoms with E-state index in [0.717, 1.165) is 83.4 Å². The number of rotatable bonds is 5. The van der Waals surface area contributed by atoms with Crippen molar-refractivity contribution in [2.75, 3.05) is 64.1 Å². The quantitative estimate of drug-likeness (QED) is 0.759. The fourth-order valence-electron chi connectivity index (χ4n) is 2.95. The number of aromatic nitrogens is 2. The lowest BCUT2D eigenvalue weighted by atomic mass is 10.1. The molecule has 0 aliphatic carbocycles. The molecular weight excluding hydrogens is 304 g/mol. The summed E-state index contributed by atoms with van der Waals surface area (Å²) in [7, 11) is 0. The van der Waals surface area contributed by atoms with E-state index in [2.05, 4.69) is 19.8 Å². The van der Waals surface area contributed by atoms with E-state index in [1.807, 2.05) is 0 Å². The van der Waals surface area contributed by atoms with Crippen LogP contribution in [0, 0.1) is 0 Å². The molecule has 2 aliphatic rings. The van der Waals surface area contributed by atoms with Crippen LogP contribution in [0.2, 0.25) is 5.15 Å². The number of anilines is 1. The van der Waals surface area contributed by atoms with Gasteiger partial charge in [0.2, 0.25) is 0 Å². The second kappa shape index (κ2) is 8.06. The summed E-state index contributed by atoms with van der Waals surface area (Å²) in [6, 6.07) is 0. The van der Waals surface area contributed by atoms with Crippen molar-refractivity contribution in [2.45, 2.75) is 12.8 Å². The number of hydrogen-bond donors (Lipinski definition) is 0. The van der Waals surface area contributed by atoms with Crippen LogP contribution >= 0.6 is 11.6 Å². The Balaban J connectivity index is 1.61. The second-order valence-electron chi connectivity index (χ2n) is 5.62. The van der Waals surface area contributed by atoms with Gasteiger partial charge in [0.05, 0.1) is 26.4 Å². The molecule has 0 saturated carbocycles. The van der Waals surface area contributed by atoms with Crippen LogP contribution in [0.4, 0.5) is 5.82 Å². The molecule has 0 amide bonds. The van der Waals surface area contributed by atoms with Crippen LogP contribution in [0.1, 0.15) is 12.0 Å². The molecule has 0 spiro atoms. The van der Waals surface area contributed by atoms with Crippen LogP contribution < -0.4 is 4.90 Å². The van der Waals surface area contributed by atoms with E-state index in [9.17, 15) is 0 Å². The van der Waals surface area contributed by atoms with E-state index in [1.165, 1.54) is 0 Å². The molecule has 0 atom stereocenters. The molecule has 22 heavy (non-hydrogen) atoms. The van der Waals surface area contributed by atoms with Crippen molar-refractivity contribution in [3.05, 3.63) is 17.0 Å². The third kappa shape index (κ3) is 4.07. The van der Waals surface area contributed by atoms with Gasteiger partial charge in [-0.2, -0.15) is 0 Å². The van der Waals surface area contributed by atoms with Crippen LogP contribution in [-0.2, 0) is 15.9 Å². The predicted octanol–water partition coefficient (Wildman–Crippen LogP) is 1.23. The standard InChI is InChI=1S/C15H23ClN4O2/c16-14-13(2-1-3-19-4-8-21-9-5-19)15(18-12-17-14)20-6-10-22-11-7-20/h12H,1-11H2. The van der Waals surface area contributed by atoms with Gasteiger partial charge in [-0.05, 0) is 19.4 Å². The number of nitrogens with zero attached hydrogens (tertiary/aromatic N) is 4. The van der Waals surface area contributed by atoms with Gasteiger partial charge >= 0.3 is 0 Å². The smallest absolute Gasteiger partial charge is 0.137 e. The molecule has 1 aromatic rings. The van der Waals surface area contributed by atoms with Gasteiger partial charge in [-0.1, -0.05) is 11.6 Å². The maximum absolute atomic E-state index is 6.33. The zero-order valence-corrected chi connectivity index (χ0v) is 13.6. The van der Waals surface area contributed by atoms with Gasteiger partial charge in [0, 0.05) is 31.7 Å². The highest BCUT2D eigenvalue weighted by atomic mass is 35.5. The van der Waals surface area contributed by atoms with Crippen molar-refractivity contribution < 1.29 is 9.47 Å². The first-order chi connectivity index (χ1) is 10.8. The number of morpholine rings is 2. The molecule has 122 valence electrons. The van der Waals surface area contributed by atoms with Crippen molar-refractivity contribution in [1.82, 2.24) is 14.9 Å². The Kier molecular flexibility index (Phi) is 5.83. The highest BCUT2D eigenvalue weighted by molar-refractivity contribution is 6.30. The van der Waals surface area contributed by atoms with Gasteiger partial charge in [0.25, 0.3) is 0 Å². The molecule has 0 radical (unpaired) electrons. The Hall–Kier alpha value is -0.950. The highest BCUT2D eigenvalue weighted by Crippen LogP contribution is 2.25. The van der Waals surface area contributed by atoms with Crippen LogP contribution in [0.15, 0.2) is 6.33 Å². The minimum absolute atomic E-state index is 0.582. The van der Waals surface area contributed by atoms with E-state index >= 15 is 0 Å². The summed E-state index contributed by atoms with van der Waals surface area (Å²) in [5.74, 6) is 0.977. The van der Waals surface area contributed by atoms with E-state index in [1.54, 1.807) is 6.33 Å². The molecular formula is C15H23ClN4O2. The van der Waals surface area contributed by atoms with Gasteiger partial charge in [0.1, 0.15) is 17.3 Å². The first kappa shape index (κ1) is 15.9. The molecule has 2 aliphatic heterocycles. The third-order valence-corrected chi connectivity index (χ3v) is 4.51. The Morgan fingerprint density at radius 3 is 2.41 bits per heavy atom. The second-order valence-corrected chi connectivity index (χ2v) is 5.98. The van der Waals surface area contributed by atoms with Crippen molar-refractivity contribution >= 4 is 17.4 Å². The first-order valence-electron chi connectivity index (χ1n) is 7.97. The monoisotopic (exact) mass is 326 g/mol. The molecule has 3 heterocycles. The van der Waals surface area contributed by atoms with Crippen molar-refractivity contribution in [1.29, 1.82) is 0 Å². The zero-order valence-electron chi connectivity index (χ0n) is 12.8. The minimum Gasteiger partial charge on any atom is -0.379 e. The molecule has 0 N–H and O–H groups in total. The summed E-state index contributed by atoms with van der Waals surface area (Å²) in [6.07, 6.45) is 3.52. The van der Waals surface area contributed by atoms with E-state index in [-0.39, 0.29) is 0 Å². The fraction of sp³-hybridized carbons (Fsp3) is 0.733. The lowest BCUT2D eigenvalue weighted by Gasteiger charge is -2.30. The van der Waals surface area contributed by atoms with Gasteiger partial charge < -0.3 is 14.4 Å². The largest absolute Gasteiger partial charge is 0.379 e. The van der Waals surface area contributed by atoms with Crippen molar-refractivity contribution in [3.63, 3.8) is 0 Å². The minimum atomic E-state index is 0.582. The number of hydrogen-bond acceptors (Lipinski definition) is 6. The van der Waals surface area contributed by atoms with Crippen molar-refractivity contribution in [3.8, 4) is 0 Å². The van der Waals surface area contributed by atoms with E-state index in [4.69, 9.17) is 21.1 Å². The first-order valence-corrected chi connectivity index (χ1v) is 8.34. The van der Waals surface area contributed by atoms with Gasteiger partial charge in [-0.3, -0.25) is 4.90 Å². The maximum Gasteiger partial charge on any atom is 0.137 e.